The predicted molar refractivity (Wildman–Crippen MR) is 190 cm³/mol. The molecule has 0 fully saturated rings. The van der Waals surface area contributed by atoms with Crippen LogP contribution in [0.4, 0.5) is 9.93 Å². The van der Waals surface area contributed by atoms with E-state index in [4.69, 9.17) is 4.74 Å². The molecule has 11 nitrogen and oxygen atoms in total. The largest absolute Gasteiger partial charge is 0.444 e. The van der Waals surface area contributed by atoms with E-state index < -0.39 is 23.0 Å². The molecular formula is C36H51N7O4S. The van der Waals surface area contributed by atoms with Gasteiger partial charge in [0.05, 0.1) is 6.42 Å². The first-order valence-corrected chi connectivity index (χ1v) is 17.4. The Bertz CT molecular complexity index is 1540. The molecule has 2 amide bonds. The Hall–Kier alpha value is -4.16. The monoisotopic (exact) mass is 677 g/mol. The van der Waals surface area contributed by atoms with Gasteiger partial charge < -0.3 is 31.2 Å². The first kappa shape index (κ1) is 36.7. The first-order valence-electron chi connectivity index (χ1n) is 16.6. The Morgan fingerprint density at radius 1 is 1.00 bits per heavy atom. The molecule has 1 aliphatic heterocycles. The number of hydrogen-bond acceptors (Lipinski definition) is 10. The van der Waals surface area contributed by atoms with Gasteiger partial charge in [-0.2, -0.15) is 0 Å². The molecule has 2 heterocycles. The number of hydrogen-bond donors (Lipinski definition) is 6. The molecule has 2 aliphatic rings. The van der Waals surface area contributed by atoms with Gasteiger partial charge in [-0.3, -0.25) is 10.2 Å². The van der Waals surface area contributed by atoms with Crippen LogP contribution in [0.25, 0.3) is 0 Å². The van der Waals surface area contributed by atoms with Crippen LogP contribution >= 0.6 is 11.3 Å². The van der Waals surface area contributed by atoms with Crippen LogP contribution in [0, 0.1) is 11.8 Å². The number of hydrazine groups is 1. The molecule has 4 rings (SSSR count). The maximum Gasteiger partial charge on any atom is 0.408 e. The number of anilines is 1. The van der Waals surface area contributed by atoms with Gasteiger partial charge in [-0.1, -0.05) is 66.8 Å². The number of ether oxygens (including phenoxy) is 1. The normalized spacial score (nSPS) is 19.0. The SMILES string of the molecule is CC1C=CC(CC(=O)NC2=CC=C(CCCCc3nnc(NC(C)(O)Cc4ccccc4)s3)NN2)=CC1C(C)(C)NC(=O)OC(C)(C)C. The lowest BCUT2D eigenvalue weighted by Crippen LogP contribution is -2.52. The van der Waals surface area contributed by atoms with Crippen molar-refractivity contribution >= 4 is 28.5 Å². The van der Waals surface area contributed by atoms with Gasteiger partial charge >= 0.3 is 6.09 Å². The summed E-state index contributed by atoms with van der Waals surface area (Å²) in [6, 6.07) is 9.85. The minimum atomic E-state index is -1.12. The summed E-state index contributed by atoms with van der Waals surface area (Å²) in [5.41, 5.74) is 6.94. The third-order valence-corrected chi connectivity index (χ3v) is 8.90. The second kappa shape index (κ2) is 15.8. The number of nitrogens with zero attached hydrogens (tertiary/aromatic N) is 2. The summed E-state index contributed by atoms with van der Waals surface area (Å²) in [5, 5.41) is 29.9. The van der Waals surface area contributed by atoms with Crippen molar-refractivity contribution in [3.05, 3.63) is 88.4 Å². The van der Waals surface area contributed by atoms with Gasteiger partial charge in [0, 0.05) is 30.0 Å². The fraction of sp³-hybridized carbons (Fsp3) is 0.500. The maximum atomic E-state index is 12.9. The van der Waals surface area contributed by atoms with Gasteiger partial charge in [-0.25, -0.2) is 4.79 Å². The Labute approximate surface area is 288 Å². The zero-order chi connectivity index (χ0) is 35.0. The third kappa shape index (κ3) is 11.8. The zero-order valence-corrected chi connectivity index (χ0v) is 30.0. The highest BCUT2D eigenvalue weighted by molar-refractivity contribution is 7.15. The molecule has 2 aromatic rings. The van der Waals surface area contributed by atoms with Crippen molar-refractivity contribution in [1.82, 2.24) is 31.7 Å². The molecule has 48 heavy (non-hydrogen) atoms. The number of nitrogens with one attached hydrogen (secondary N) is 5. The fourth-order valence-electron chi connectivity index (χ4n) is 5.74. The molecule has 3 atom stereocenters. The van der Waals surface area contributed by atoms with E-state index in [0.717, 1.165) is 47.5 Å². The molecule has 0 bridgehead atoms. The van der Waals surface area contributed by atoms with Crippen molar-refractivity contribution in [3.63, 3.8) is 0 Å². The highest BCUT2D eigenvalue weighted by Crippen LogP contribution is 2.33. The van der Waals surface area contributed by atoms with Crippen molar-refractivity contribution in [2.75, 3.05) is 5.32 Å². The minimum Gasteiger partial charge on any atom is -0.444 e. The number of amides is 2. The van der Waals surface area contributed by atoms with Gasteiger partial charge in [0.25, 0.3) is 0 Å². The quantitative estimate of drug-likeness (QED) is 0.105. The van der Waals surface area contributed by atoms with E-state index in [1.807, 2.05) is 83.2 Å². The summed E-state index contributed by atoms with van der Waals surface area (Å²) in [6.45, 7) is 13.3. The molecule has 0 spiro atoms. The van der Waals surface area contributed by atoms with E-state index in [2.05, 4.69) is 56.1 Å². The molecule has 0 saturated heterocycles. The summed E-state index contributed by atoms with van der Waals surface area (Å²) in [4.78, 5) is 25.4. The number of benzene rings is 1. The second-order valence-corrected chi connectivity index (χ2v) is 15.4. The fourth-order valence-corrected chi connectivity index (χ4v) is 6.65. The number of carbonyl (C=O) groups excluding carboxylic acids is 2. The lowest BCUT2D eigenvalue weighted by molar-refractivity contribution is -0.119. The molecule has 12 heteroatoms. The number of carbonyl (C=O) groups is 2. The van der Waals surface area contributed by atoms with E-state index in [-0.39, 0.29) is 24.2 Å². The van der Waals surface area contributed by atoms with Crippen molar-refractivity contribution in [1.29, 1.82) is 0 Å². The molecule has 1 aliphatic carbocycles. The van der Waals surface area contributed by atoms with Crippen LogP contribution in [0.5, 0.6) is 0 Å². The van der Waals surface area contributed by atoms with Crippen LogP contribution in [-0.2, 0) is 22.4 Å². The zero-order valence-electron chi connectivity index (χ0n) is 29.1. The topological polar surface area (TPSA) is 150 Å². The molecule has 1 aromatic heterocycles. The van der Waals surface area contributed by atoms with Crippen LogP contribution in [0.3, 0.4) is 0 Å². The maximum absolute atomic E-state index is 12.9. The van der Waals surface area contributed by atoms with Gasteiger partial charge in [0.15, 0.2) is 0 Å². The lowest BCUT2D eigenvalue weighted by Gasteiger charge is -2.38. The van der Waals surface area contributed by atoms with Gasteiger partial charge in [-0.15, -0.1) is 10.2 Å². The van der Waals surface area contributed by atoms with Gasteiger partial charge in [0.2, 0.25) is 11.0 Å². The van der Waals surface area contributed by atoms with Crippen molar-refractivity contribution in [2.45, 2.75) is 104 Å². The lowest BCUT2D eigenvalue weighted by atomic mass is 9.74. The standard InChI is InChI=1S/C36H51N7O4S/c1-24-17-18-26(21-28(24)35(5,6)39-33(45)47-34(2,3)4)22-30(44)37-29-20-19-27(40-41-29)15-11-12-16-31-42-43-32(48-31)38-36(7,46)23-25-13-9-8-10-14-25/h8-10,13-14,17-21,24,28,40-41,46H,11-12,15-16,22-23H2,1-7H3,(H,37,44)(H,38,43)(H,39,45). The van der Waals surface area contributed by atoms with Crippen molar-refractivity contribution < 1.29 is 19.4 Å². The van der Waals surface area contributed by atoms with Crippen molar-refractivity contribution in [3.8, 4) is 0 Å². The summed E-state index contributed by atoms with van der Waals surface area (Å²) in [5.74, 6) is 0.613. The average molecular weight is 678 g/mol. The van der Waals surface area contributed by atoms with Gasteiger partial charge in [0.1, 0.15) is 22.2 Å². The van der Waals surface area contributed by atoms with Crippen LogP contribution < -0.4 is 26.8 Å². The second-order valence-electron chi connectivity index (χ2n) is 14.4. The highest BCUT2D eigenvalue weighted by atomic mass is 32.1. The third-order valence-electron chi connectivity index (χ3n) is 8.00. The van der Waals surface area contributed by atoms with Crippen LogP contribution in [0.15, 0.2) is 77.8 Å². The van der Waals surface area contributed by atoms with E-state index in [1.54, 1.807) is 6.92 Å². The van der Waals surface area contributed by atoms with E-state index >= 15 is 0 Å². The number of alkyl carbamates (subject to hydrolysis) is 1. The van der Waals surface area contributed by atoms with E-state index in [9.17, 15) is 14.7 Å². The number of aryl methyl sites for hydroxylation is 1. The molecule has 260 valence electrons. The van der Waals surface area contributed by atoms with Crippen LogP contribution in [-0.4, -0.2) is 44.2 Å². The number of unbranched alkanes of at least 4 members (excludes halogenated alkanes) is 1. The minimum absolute atomic E-state index is 0.0103. The van der Waals surface area contributed by atoms with E-state index in [0.29, 0.717) is 17.4 Å². The predicted octanol–water partition coefficient (Wildman–Crippen LogP) is 6.01. The Balaban J connectivity index is 1.19. The Morgan fingerprint density at radius 2 is 1.73 bits per heavy atom. The van der Waals surface area contributed by atoms with Crippen LogP contribution in [0.1, 0.15) is 84.7 Å². The van der Waals surface area contributed by atoms with Crippen molar-refractivity contribution in [2.24, 2.45) is 11.8 Å². The number of allylic oxidation sites excluding steroid dienone is 5. The average Bonchev–Trinajstić information content (AvgIpc) is 3.42. The summed E-state index contributed by atoms with van der Waals surface area (Å²) >= 11 is 1.46. The number of aromatic nitrogens is 2. The molecule has 1 aromatic carbocycles. The Kier molecular flexibility index (Phi) is 12.1. The van der Waals surface area contributed by atoms with Crippen LogP contribution in [0.2, 0.25) is 0 Å². The molecule has 3 unspecified atom stereocenters. The first-order chi connectivity index (χ1) is 22.6. The summed E-state index contributed by atoms with van der Waals surface area (Å²) in [7, 11) is 0. The summed E-state index contributed by atoms with van der Waals surface area (Å²) < 4.78 is 5.47. The number of aliphatic hydroxyl groups is 1. The Morgan fingerprint density at radius 3 is 2.42 bits per heavy atom. The molecule has 6 N–H and O–H groups in total. The summed E-state index contributed by atoms with van der Waals surface area (Å²) in [6.07, 6.45) is 13.7. The van der Waals surface area contributed by atoms with E-state index in [1.165, 1.54) is 11.3 Å². The smallest absolute Gasteiger partial charge is 0.408 e. The highest BCUT2D eigenvalue weighted by Gasteiger charge is 2.35. The molecule has 0 saturated carbocycles. The molecular weight excluding hydrogens is 627 g/mol. The molecule has 0 radical (unpaired) electrons. The van der Waals surface area contributed by atoms with Gasteiger partial charge in [-0.05, 0) is 90.0 Å². The number of rotatable bonds is 14.